The summed E-state index contributed by atoms with van der Waals surface area (Å²) in [5.41, 5.74) is 6.57. The van der Waals surface area contributed by atoms with E-state index in [4.69, 9.17) is 5.73 Å². The van der Waals surface area contributed by atoms with Gasteiger partial charge in [0.25, 0.3) is 5.91 Å². The summed E-state index contributed by atoms with van der Waals surface area (Å²) in [4.78, 5) is 23.6. The number of nitrogen functional groups attached to an aromatic ring is 1. The Kier molecular flexibility index (Phi) is 3.47. The average molecular weight is 243 g/mol. The smallest absolute Gasteiger partial charge is 0.271 e. The van der Waals surface area contributed by atoms with Crippen LogP contribution in [0.3, 0.4) is 0 Å². The number of nitrogens with zero attached hydrogens (tertiary/aromatic N) is 3. The lowest BCUT2D eigenvalue weighted by Gasteiger charge is -2.13. The molecule has 92 valence electrons. The van der Waals surface area contributed by atoms with Crippen LogP contribution in [0.2, 0.25) is 0 Å². The van der Waals surface area contributed by atoms with Crippen LogP contribution in [-0.4, -0.2) is 20.9 Å². The molecule has 1 atom stereocenters. The molecule has 2 aromatic rings. The third-order valence-electron chi connectivity index (χ3n) is 2.44. The number of hydrogen-bond acceptors (Lipinski definition) is 5. The molecule has 1 amide bonds. The summed E-state index contributed by atoms with van der Waals surface area (Å²) >= 11 is 0. The molecule has 6 nitrogen and oxygen atoms in total. The molecule has 0 aliphatic rings. The van der Waals surface area contributed by atoms with Crippen molar-refractivity contribution in [3.8, 4) is 0 Å². The van der Waals surface area contributed by atoms with E-state index in [1.807, 2.05) is 19.1 Å². The molecule has 0 radical (unpaired) electrons. The van der Waals surface area contributed by atoms with E-state index >= 15 is 0 Å². The maximum Gasteiger partial charge on any atom is 0.271 e. The molecule has 3 N–H and O–H groups in total. The highest BCUT2D eigenvalue weighted by Crippen LogP contribution is 2.10. The maximum absolute atomic E-state index is 11.9. The van der Waals surface area contributed by atoms with Gasteiger partial charge >= 0.3 is 0 Å². The molecule has 2 aromatic heterocycles. The Labute approximate surface area is 104 Å². The van der Waals surface area contributed by atoms with Crippen LogP contribution in [0.1, 0.15) is 29.0 Å². The first-order valence-corrected chi connectivity index (χ1v) is 5.45. The van der Waals surface area contributed by atoms with E-state index in [1.165, 1.54) is 12.4 Å². The van der Waals surface area contributed by atoms with Crippen molar-refractivity contribution in [3.05, 3.63) is 48.2 Å². The Hall–Kier alpha value is -2.50. The third-order valence-corrected chi connectivity index (χ3v) is 2.44. The topological polar surface area (TPSA) is 93.8 Å². The number of nitrogens with one attached hydrogen (secondary N) is 1. The van der Waals surface area contributed by atoms with Crippen LogP contribution in [0.25, 0.3) is 0 Å². The highest BCUT2D eigenvalue weighted by molar-refractivity contribution is 5.92. The van der Waals surface area contributed by atoms with Crippen LogP contribution in [-0.2, 0) is 0 Å². The lowest BCUT2D eigenvalue weighted by molar-refractivity contribution is 0.0934. The predicted molar refractivity (Wildman–Crippen MR) is 66.6 cm³/mol. The van der Waals surface area contributed by atoms with Crippen LogP contribution in [0, 0.1) is 0 Å². The van der Waals surface area contributed by atoms with Gasteiger partial charge in [-0.3, -0.25) is 9.78 Å². The van der Waals surface area contributed by atoms with Gasteiger partial charge in [0.1, 0.15) is 11.5 Å². The summed E-state index contributed by atoms with van der Waals surface area (Å²) < 4.78 is 0. The molecule has 0 aliphatic heterocycles. The molecule has 1 unspecified atom stereocenters. The number of amides is 1. The molecule has 6 heteroatoms. The van der Waals surface area contributed by atoms with Gasteiger partial charge in [-0.2, -0.15) is 0 Å². The molecule has 2 rings (SSSR count). The van der Waals surface area contributed by atoms with Crippen LogP contribution in [0.4, 0.5) is 5.82 Å². The number of nitrogens with two attached hydrogens (primary N) is 1. The van der Waals surface area contributed by atoms with Gasteiger partial charge < -0.3 is 11.1 Å². The van der Waals surface area contributed by atoms with E-state index in [0.717, 1.165) is 5.56 Å². The summed E-state index contributed by atoms with van der Waals surface area (Å²) in [6.45, 7) is 1.87. The third kappa shape index (κ3) is 2.79. The molecule has 0 fully saturated rings. The average Bonchev–Trinajstić information content (AvgIpc) is 2.40. The minimum absolute atomic E-state index is 0.148. The number of aromatic nitrogens is 3. The summed E-state index contributed by atoms with van der Waals surface area (Å²) in [5.74, 6) is -0.00860. The fourth-order valence-corrected chi connectivity index (χ4v) is 1.44. The van der Waals surface area contributed by atoms with Gasteiger partial charge in [0, 0.05) is 12.4 Å². The maximum atomic E-state index is 11.9. The van der Waals surface area contributed by atoms with Gasteiger partial charge in [-0.1, -0.05) is 6.07 Å². The second-order valence-corrected chi connectivity index (χ2v) is 3.81. The van der Waals surface area contributed by atoms with E-state index in [-0.39, 0.29) is 23.5 Å². The number of carbonyl (C=O) groups excluding carboxylic acids is 1. The first-order valence-electron chi connectivity index (χ1n) is 5.45. The SMILES string of the molecule is CC(NC(=O)c1cnc(N)cn1)c1cccnc1. The zero-order chi connectivity index (χ0) is 13.0. The zero-order valence-corrected chi connectivity index (χ0v) is 9.87. The van der Waals surface area contributed by atoms with Crippen molar-refractivity contribution in [1.29, 1.82) is 0 Å². The largest absolute Gasteiger partial charge is 0.382 e. The van der Waals surface area contributed by atoms with E-state index in [1.54, 1.807) is 12.4 Å². The van der Waals surface area contributed by atoms with Crippen molar-refractivity contribution >= 4 is 11.7 Å². The molecule has 0 aromatic carbocycles. The first kappa shape index (κ1) is 12.0. The summed E-state index contributed by atoms with van der Waals surface area (Å²) in [7, 11) is 0. The monoisotopic (exact) mass is 243 g/mol. The molecular formula is C12H13N5O. The highest BCUT2D eigenvalue weighted by atomic mass is 16.1. The second kappa shape index (κ2) is 5.22. The van der Waals surface area contributed by atoms with Crippen molar-refractivity contribution in [2.75, 3.05) is 5.73 Å². The van der Waals surface area contributed by atoms with Crippen LogP contribution >= 0.6 is 0 Å². The second-order valence-electron chi connectivity index (χ2n) is 3.81. The molecular weight excluding hydrogens is 230 g/mol. The van der Waals surface area contributed by atoms with E-state index in [9.17, 15) is 4.79 Å². The van der Waals surface area contributed by atoms with Crippen molar-refractivity contribution in [3.63, 3.8) is 0 Å². The summed E-state index contributed by atoms with van der Waals surface area (Å²) in [6.07, 6.45) is 6.09. The Morgan fingerprint density at radius 1 is 1.33 bits per heavy atom. The lowest BCUT2D eigenvalue weighted by atomic mass is 10.1. The van der Waals surface area contributed by atoms with E-state index in [0.29, 0.717) is 0 Å². The number of anilines is 1. The Morgan fingerprint density at radius 2 is 2.17 bits per heavy atom. The van der Waals surface area contributed by atoms with Crippen LogP contribution in [0.5, 0.6) is 0 Å². The quantitative estimate of drug-likeness (QED) is 0.836. The summed E-state index contributed by atoms with van der Waals surface area (Å²) in [5, 5.41) is 2.81. The number of carbonyl (C=O) groups is 1. The zero-order valence-electron chi connectivity index (χ0n) is 9.87. The fraction of sp³-hybridized carbons (Fsp3) is 0.167. The number of hydrogen-bond donors (Lipinski definition) is 2. The van der Waals surface area contributed by atoms with Crippen LogP contribution < -0.4 is 11.1 Å². The number of pyridine rings is 1. The molecule has 0 saturated heterocycles. The molecule has 0 bridgehead atoms. The van der Waals surface area contributed by atoms with Gasteiger partial charge in [0.05, 0.1) is 18.4 Å². The van der Waals surface area contributed by atoms with Crippen LogP contribution in [0.15, 0.2) is 36.9 Å². The van der Waals surface area contributed by atoms with Gasteiger partial charge in [-0.15, -0.1) is 0 Å². The minimum atomic E-state index is -0.293. The Morgan fingerprint density at radius 3 is 2.78 bits per heavy atom. The lowest BCUT2D eigenvalue weighted by Crippen LogP contribution is -2.27. The standard InChI is InChI=1S/C12H13N5O/c1-8(9-3-2-4-14-5-9)17-12(18)10-6-16-11(13)7-15-10/h2-8H,1H3,(H2,13,16)(H,17,18). The molecule has 0 aliphatic carbocycles. The van der Waals surface area contributed by atoms with Crippen molar-refractivity contribution in [2.24, 2.45) is 0 Å². The van der Waals surface area contributed by atoms with Gasteiger partial charge in [0.2, 0.25) is 0 Å². The van der Waals surface area contributed by atoms with Gasteiger partial charge in [-0.25, -0.2) is 9.97 Å². The van der Waals surface area contributed by atoms with E-state index < -0.39 is 0 Å². The fourth-order valence-electron chi connectivity index (χ4n) is 1.44. The summed E-state index contributed by atoms with van der Waals surface area (Å²) in [6, 6.07) is 3.57. The van der Waals surface area contributed by atoms with Gasteiger partial charge in [0.15, 0.2) is 0 Å². The molecule has 0 spiro atoms. The number of rotatable bonds is 3. The normalized spacial score (nSPS) is 11.8. The van der Waals surface area contributed by atoms with Gasteiger partial charge in [-0.05, 0) is 18.6 Å². The minimum Gasteiger partial charge on any atom is -0.382 e. The highest BCUT2D eigenvalue weighted by Gasteiger charge is 2.12. The molecule has 0 saturated carbocycles. The van der Waals surface area contributed by atoms with Crippen molar-refractivity contribution < 1.29 is 4.79 Å². The van der Waals surface area contributed by atoms with Crippen molar-refractivity contribution in [1.82, 2.24) is 20.3 Å². The van der Waals surface area contributed by atoms with E-state index in [2.05, 4.69) is 20.3 Å². The first-order chi connectivity index (χ1) is 8.66. The van der Waals surface area contributed by atoms with Crippen molar-refractivity contribution in [2.45, 2.75) is 13.0 Å². The predicted octanol–water partition coefficient (Wildman–Crippen LogP) is 0.945. The molecule has 18 heavy (non-hydrogen) atoms. The Balaban J connectivity index is 2.06. The Bertz CT molecular complexity index is 526. The molecule has 2 heterocycles.